The van der Waals surface area contributed by atoms with Crippen LogP contribution in [0.1, 0.15) is 22.5 Å². The molecule has 122 valence electrons. The number of hydrogen-bond donors (Lipinski definition) is 3. The van der Waals surface area contributed by atoms with Crippen LogP contribution in [-0.2, 0) is 11.0 Å². The Morgan fingerprint density at radius 2 is 1.83 bits per heavy atom. The number of nitrogens with one attached hydrogen (secondary N) is 2. The van der Waals surface area contributed by atoms with Gasteiger partial charge in [-0.1, -0.05) is 30.3 Å². The smallest absolute Gasteiger partial charge is 0.432 e. The monoisotopic (exact) mass is 326 g/mol. The molecule has 8 heteroatoms. The van der Waals surface area contributed by atoms with Crippen molar-refractivity contribution in [2.24, 2.45) is 0 Å². The van der Waals surface area contributed by atoms with Crippen molar-refractivity contribution in [1.29, 1.82) is 0 Å². The van der Waals surface area contributed by atoms with Gasteiger partial charge in [0.15, 0.2) is 0 Å². The number of aliphatic carboxylic acids is 1. The normalized spacial score (nSPS) is 11.3. The Hall–Kier alpha value is -2.77. The lowest BCUT2D eigenvalue weighted by atomic mass is 10.1. The number of carbonyl (C=O) groups excluding carboxylic acids is 1. The third kappa shape index (κ3) is 4.12. The van der Waals surface area contributed by atoms with E-state index in [0.717, 1.165) is 6.07 Å². The Morgan fingerprint density at radius 3 is 2.39 bits per heavy atom. The lowest BCUT2D eigenvalue weighted by Gasteiger charge is -2.08. The summed E-state index contributed by atoms with van der Waals surface area (Å²) in [5.74, 6) is -2.13. The first-order chi connectivity index (χ1) is 10.8. The summed E-state index contributed by atoms with van der Waals surface area (Å²) in [6.45, 7) is -0.253. The molecule has 0 aliphatic heterocycles. The van der Waals surface area contributed by atoms with Gasteiger partial charge < -0.3 is 15.4 Å². The number of H-pyrrole nitrogens is 1. The first-order valence-corrected chi connectivity index (χ1v) is 6.64. The second-order valence-corrected chi connectivity index (χ2v) is 4.74. The highest BCUT2D eigenvalue weighted by Crippen LogP contribution is 2.34. The summed E-state index contributed by atoms with van der Waals surface area (Å²) in [7, 11) is 0. The number of halogens is 3. The molecule has 0 spiro atoms. The molecule has 0 fully saturated rings. The van der Waals surface area contributed by atoms with E-state index in [2.05, 4.69) is 10.3 Å². The third-order valence-electron chi connectivity index (χ3n) is 3.05. The van der Waals surface area contributed by atoms with Crippen LogP contribution in [0.25, 0.3) is 11.3 Å². The summed E-state index contributed by atoms with van der Waals surface area (Å²) < 4.78 is 39.2. The van der Waals surface area contributed by atoms with Crippen molar-refractivity contribution in [2.45, 2.75) is 12.6 Å². The third-order valence-corrected chi connectivity index (χ3v) is 3.05. The van der Waals surface area contributed by atoms with Crippen LogP contribution in [0.3, 0.4) is 0 Å². The second-order valence-electron chi connectivity index (χ2n) is 4.74. The Kier molecular flexibility index (Phi) is 4.73. The van der Waals surface area contributed by atoms with Gasteiger partial charge in [-0.05, 0) is 11.6 Å². The Morgan fingerprint density at radius 1 is 1.17 bits per heavy atom. The quantitative estimate of drug-likeness (QED) is 0.790. The van der Waals surface area contributed by atoms with Crippen LogP contribution < -0.4 is 5.32 Å². The minimum Gasteiger partial charge on any atom is -0.481 e. The molecular weight excluding hydrogens is 313 g/mol. The van der Waals surface area contributed by atoms with Crippen molar-refractivity contribution in [1.82, 2.24) is 10.3 Å². The molecule has 0 unspecified atom stereocenters. The van der Waals surface area contributed by atoms with Gasteiger partial charge in [0.2, 0.25) is 0 Å². The van der Waals surface area contributed by atoms with E-state index in [1.54, 1.807) is 30.3 Å². The van der Waals surface area contributed by atoms with Gasteiger partial charge in [0.05, 0.1) is 12.0 Å². The number of hydrogen-bond acceptors (Lipinski definition) is 2. The molecule has 0 bridgehead atoms. The van der Waals surface area contributed by atoms with Crippen molar-refractivity contribution in [3.8, 4) is 11.3 Å². The highest BCUT2D eigenvalue weighted by Gasteiger charge is 2.37. The second kappa shape index (κ2) is 6.55. The maximum Gasteiger partial charge on any atom is 0.432 e. The van der Waals surface area contributed by atoms with Crippen molar-refractivity contribution in [3.05, 3.63) is 47.7 Å². The number of carbonyl (C=O) groups is 2. The Labute approximate surface area is 129 Å². The molecule has 1 amide bonds. The molecule has 0 atom stereocenters. The van der Waals surface area contributed by atoms with E-state index in [0.29, 0.717) is 5.56 Å². The average Bonchev–Trinajstić information content (AvgIpc) is 2.93. The summed E-state index contributed by atoms with van der Waals surface area (Å²) in [6, 6.07) is 9.37. The SMILES string of the molecule is O=C(O)CCNC(=O)c1cc(-c2ccccc2)[nH]c1C(F)(F)F. The predicted octanol–water partition coefficient (Wildman–Crippen LogP) is 2.91. The van der Waals surface area contributed by atoms with Crippen LogP contribution in [0.15, 0.2) is 36.4 Å². The number of amides is 1. The van der Waals surface area contributed by atoms with E-state index in [4.69, 9.17) is 5.11 Å². The van der Waals surface area contributed by atoms with Gasteiger partial charge in [-0.25, -0.2) is 0 Å². The molecule has 0 aliphatic carbocycles. The summed E-state index contributed by atoms with van der Waals surface area (Å²) >= 11 is 0. The zero-order chi connectivity index (χ0) is 17.0. The van der Waals surface area contributed by atoms with Gasteiger partial charge in [-0.3, -0.25) is 9.59 Å². The van der Waals surface area contributed by atoms with Crippen LogP contribution in [0.5, 0.6) is 0 Å². The molecule has 3 N–H and O–H groups in total. The summed E-state index contributed by atoms with van der Waals surface area (Å²) in [5.41, 5.74) is -1.07. The number of carboxylic acids is 1. The van der Waals surface area contributed by atoms with Crippen molar-refractivity contribution < 1.29 is 27.9 Å². The highest BCUT2D eigenvalue weighted by atomic mass is 19.4. The first-order valence-electron chi connectivity index (χ1n) is 6.64. The fourth-order valence-electron chi connectivity index (χ4n) is 2.01. The molecule has 0 aliphatic rings. The van der Waals surface area contributed by atoms with E-state index in [1.807, 2.05) is 0 Å². The molecule has 1 aromatic heterocycles. The topological polar surface area (TPSA) is 82.2 Å². The van der Waals surface area contributed by atoms with Gasteiger partial charge in [0.25, 0.3) is 5.91 Å². The van der Waals surface area contributed by atoms with Gasteiger partial charge in [0, 0.05) is 12.2 Å². The van der Waals surface area contributed by atoms with Crippen LogP contribution in [0.2, 0.25) is 0 Å². The molecule has 2 rings (SSSR count). The maximum absolute atomic E-state index is 13.1. The lowest BCUT2D eigenvalue weighted by Crippen LogP contribution is -2.27. The van der Waals surface area contributed by atoms with Crippen molar-refractivity contribution in [2.75, 3.05) is 6.54 Å². The van der Waals surface area contributed by atoms with Crippen LogP contribution in [0, 0.1) is 0 Å². The molecule has 0 saturated heterocycles. The van der Waals surface area contributed by atoms with E-state index in [-0.39, 0.29) is 18.7 Å². The van der Waals surface area contributed by atoms with Crippen molar-refractivity contribution in [3.63, 3.8) is 0 Å². The summed E-state index contributed by atoms with van der Waals surface area (Å²) in [4.78, 5) is 24.5. The van der Waals surface area contributed by atoms with E-state index < -0.39 is 29.3 Å². The standard InChI is InChI=1S/C15H13F3N2O3/c16-15(17,18)13-10(14(23)19-7-6-12(21)22)8-11(20-13)9-4-2-1-3-5-9/h1-5,8,20H,6-7H2,(H,19,23)(H,21,22). The van der Waals surface area contributed by atoms with Gasteiger partial charge in [-0.15, -0.1) is 0 Å². The molecule has 2 aromatic rings. The minimum absolute atomic E-state index is 0.154. The van der Waals surface area contributed by atoms with Gasteiger partial charge in [0.1, 0.15) is 5.69 Å². The number of carboxylic acid groups (broad SMARTS) is 1. The number of aromatic nitrogens is 1. The zero-order valence-corrected chi connectivity index (χ0v) is 11.8. The molecule has 23 heavy (non-hydrogen) atoms. The molecular formula is C15H13F3N2O3. The molecule has 5 nitrogen and oxygen atoms in total. The van der Waals surface area contributed by atoms with Gasteiger partial charge in [-0.2, -0.15) is 13.2 Å². The fraction of sp³-hybridized carbons (Fsp3) is 0.200. The van der Waals surface area contributed by atoms with E-state index in [1.165, 1.54) is 0 Å². The predicted molar refractivity (Wildman–Crippen MR) is 75.8 cm³/mol. The minimum atomic E-state index is -4.73. The molecule has 0 radical (unpaired) electrons. The van der Waals surface area contributed by atoms with Crippen LogP contribution >= 0.6 is 0 Å². The number of rotatable bonds is 5. The summed E-state index contributed by atoms with van der Waals surface area (Å²) in [6.07, 6.45) is -5.10. The number of alkyl halides is 3. The van der Waals surface area contributed by atoms with E-state index >= 15 is 0 Å². The largest absolute Gasteiger partial charge is 0.481 e. The molecule has 1 heterocycles. The Balaban J connectivity index is 2.32. The number of aromatic amines is 1. The van der Waals surface area contributed by atoms with Crippen LogP contribution in [-0.4, -0.2) is 28.5 Å². The fourth-order valence-corrected chi connectivity index (χ4v) is 2.01. The maximum atomic E-state index is 13.1. The van der Waals surface area contributed by atoms with Crippen molar-refractivity contribution >= 4 is 11.9 Å². The lowest BCUT2D eigenvalue weighted by molar-refractivity contribution is -0.141. The first kappa shape index (κ1) is 16.6. The number of benzene rings is 1. The van der Waals surface area contributed by atoms with Gasteiger partial charge >= 0.3 is 12.1 Å². The average molecular weight is 326 g/mol. The highest BCUT2D eigenvalue weighted by molar-refractivity contribution is 5.97. The van der Waals surface area contributed by atoms with Crippen LogP contribution in [0.4, 0.5) is 13.2 Å². The molecule has 1 aromatic carbocycles. The summed E-state index contributed by atoms with van der Waals surface area (Å²) in [5, 5.41) is 10.7. The molecule has 0 saturated carbocycles. The Bertz CT molecular complexity index is 709. The zero-order valence-electron chi connectivity index (χ0n) is 11.8. The van der Waals surface area contributed by atoms with E-state index in [9.17, 15) is 22.8 Å².